The van der Waals surface area contributed by atoms with Crippen LogP contribution < -0.4 is 5.32 Å². The standard InChI is InChI=1S/C17H28BrN3/c1-12(2)15-11-21(16(9-20-15)17(3,4)5)10-14-7-6-13(18)8-19-14/h6-8,12,15-16,20H,9-11H2,1-5H3. The third-order valence-corrected chi connectivity index (χ3v) is 4.87. The normalized spacial score (nSPS) is 24.5. The van der Waals surface area contributed by atoms with Gasteiger partial charge in [-0.2, -0.15) is 0 Å². The molecule has 0 bridgehead atoms. The zero-order valence-electron chi connectivity index (χ0n) is 13.9. The predicted molar refractivity (Wildman–Crippen MR) is 92.2 cm³/mol. The first kappa shape index (κ1) is 16.9. The van der Waals surface area contributed by atoms with E-state index >= 15 is 0 Å². The summed E-state index contributed by atoms with van der Waals surface area (Å²) in [6.07, 6.45) is 1.89. The highest BCUT2D eigenvalue weighted by Gasteiger charge is 2.36. The summed E-state index contributed by atoms with van der Waals surface area (Å²) in [7, 11) is 0. The molecular weight excluding hydrogens is 326 g/mol. The van der Waals surface area contributed by atoms with E-state index in [9.17, 15) is 0 Å². The zero-order valence-corrected chi connectivity index (χ0v) is 15.4. The molecular formula is C17H28BrN3. The quantitative estimate of drug-likeness (QED) is 0.897. The SMILES string of the molecule is CC(C)C1CN(Cc2ccc(Br)cn2)C(C(C)(C)C)CN1. The monoisotopic (exact) mass is 353 g/mol. The lowest BCUT2D eigenvalue weighted by molar-refractivity contribution is 0.0391. The summed E-state index contributed by atoms with van der Waals surface area (Å²) in [5.74, 6) is 0.659. The van der Waals surface area contributed by atoms with Gasteiger partial charge in [-0.3, -0.25) is 9.88 Å². The third kappa shape index (κ3) is 4.51. The van der Waals surface area contributed by atoms with Gasteiger partial charge < -0.3 is 5.32 Å². The van der Waals surface area contributed by atoms with Crippen molar-refractivity contribution in [3.8, 4) is 0 Å². The fourth-order valence-electron chi connectivity index (χ4n) is 3.02. The van der Waals surface area contributed by atoms with Gasteiger partial charge in [-0.15, -0.1) is 0 Å². The van der Waals surface area contributed by atoms with Crippen LogP contribution in [0.2, 0.25) is 0 Å². The van der Waals surface area contributed by atoms with Gasteiger partial charge in [0.05, 0.1) is 5.69 Å². The molecule has 1 saturated heterocycles. The average molecular weight is 354 g/mol. The van der Waals surface area contributed by atoms with Crippen molar-refractivity contribution in [1.29, 1.82) is 0 Å². The van der Waals surface area contributed by atoms with Crippen molar-refractivity contribution in [3.63, 3.8) is 0 Å². The minimum Gasteiger partial charge on any atom is -0.311 e. The van der Waals surface area contributed by atoms with Crippen molar-refractivity contribution >= 4 is 15.9 Å². The Bertz CT molecular complexity index is 450. The van der Waals surface area contributed by atoms with E-state index in [1.807, 2.05) is 6.20 Å². The number of rotatable bonds is 3. The van der Waals surface area contributed by atoms with Crippen LogP contribution in [0.4, 0.5) is 0 Å². The molecule has 4 heteroatoms. The Labute approximate surface area is 137 Å². The topological polar surface area (TPSA) is 28.2 Å². The molecule has 118 valence electrons. The Balaban J connectivity index is 2.14. The number of pyridine rings is 1. The highest BCUT2D eigenvalue weighted by molar-refractivity contribution is 9.10. The van der Waals surface area contributed by atoms with Crippen molar-refractivity contribution < 1.29 is 0 Å². The molecule has 0 aliphatic carbocycles. The molecule has 1 fully saturated rings. The zero-order chi connectivity index (χ0) is 15.6. The molecule has 21 heavy (non-hydrogen) atoms. The Kier molecular flexibility index (Phi) is 5.44. The maximum absolute atomic E-state index is 4.55. The predicted octanol–water partition coefficient (Wildman–Crippen LogP) is 3.69. The van der Waals surface area contributed by atoms with Crippen LogP contribution in [-0.4, -0.2) is 35.1 Å². The van der Waals surface area contributed by atoms with E-state index in [1.165, 1.54) is 0 Å². The minimum absolute atomic E-state index is 0.268. The molecule has 3 nitrogen and oxygen atoms in total. The second kappa shape index (κ2) is 6.76. The third-order valence-electron chi connectivity index (χ3n) is 4.40. The molecule has 0 amide bonds. The molecule has 0 radical (unpaired) electrons. The van der Waals surface area contributed by atoms with Crippen LogP contribution in [-0.2, 0) is 6.54 Å². The van der Waals surface area contributed by atoms with Crippen LogP contribution in [0, 0.1) is 11.3 Å². The van der Waals surface area contributed by atoms with E-state index in [2.05, 4.69) is 77.9 Å². The van der Waals surface area contributed by atoms with E-state index in [1.54, 1.807) is 0 Å². The van der Waals surface area contributed by atoms with E-state index in [-0.39, 0.29) is 5.41 Å². The van der Waals surface area contributed by atoms with Crippen LogP contribution >= 0.6 is 15.9 Å². The number of piperazine rings is 1. The maximum Gasteiger partial charge on any atom is 0.0544 e. The van der Waals surface area contributed by atoms with Crippen LogP contribution in [0.15, 0.2) is 22.8 Å². The molecule has 0 aromatic carbocycles. The first-order valence-corrected chi connectivity index (χ1v) is 8.64. The lowest BCUT2D eigenvalue weighted by atomic mass is 9.83. The summed E-state index contributed by atoms with van der Waals surface area (Å²) >= 11 is 3.46. The Morgan fingerprint density at radius 2 is 2.10 bits per heavy atom. The lowest BCUT2D eigenvalue weighted by Crippen LogP contribution is -2.61. The largest absolute Gasteiger partial charge is 0.311 e. The summed E-state index contributed by atoms with van der Waals surface area (Å²) in [5, 5.41) is 3.73. The van der Waals surface area contributed by atoms with Crippen LogP contribution in [0.1, 0.15) is 40.3 Å². The number of hydrogen-bond acceptors (Lipinski definition) is 3. The van der Waals surface area contributed by atoms with Gasteiger partial charge in [0, 0.05) is 42.4 Å². The summed E-state index contributed by atoms with van der Waals surface area (Å²) in [6.45, 7) is 14.7. The van der Waals surface area contributed by atoms with Gasteiger partial charge in [-0.25, -0.2) is 0 Å². The average Bonchev–Trinajstić information content (AvgIpc) is 2.40. The summed E-state index contributed by atoms with van der Waals surface area (Å²) in [4.78, 5) is 7.16. The van der Waals surface area contributed by atoms with E-state index < -0.39 is 0 Å². The van der Waals surface area contributed by atoms with Crippen molar-refractivity contribution in [3.05, 3.63) is 28.5 Å². The first-order chi connectivity index (χ1) is 9.77. The maximum atomic E-state index is 4.55. The highest BCUT2D eigenvalue weighted by Crippen LogP contribution is 2.28. The number of halogens is 1. The molecule has 1 aliphatic rings. The van der Waals surface area contributed by atoms with Crippen molar-refractivity contribution in [1.82, 2.24) is 15.2 Å². The van der Waals surface area contributed by atoms with Gasteiger partial charge in [-0.05, 0) is 39.4 Å². The lowest BCUT2D eigenvalue weighted by Gasteiger charge is -2.47. The molecule has 2 atom stereocenters. The summed E-state index contributed by atoms with van der Waals surface area (Å²) in [5.41, 5.74) is 1.42. The first-order valence-electron chi connectivity index (χ1n) is 7.85. The number of hydrogen-bond donors (Lipinski definition) is 1. The van der Waals surface area contributed by atoms with Crippen LogP contribution in [0.3, 0.4) is 0 Å². The van der Waals surface area contributed by atoms with Gasteiger partial charge in [0.1, 0.15) is 0 Å². The Hall–Kier alpha value is -0.450. The molecule has 0 saturated carbocycles. The molecule has 0 spiro atoms. The molecule has 1 aliphatic heterocycles. The Morgan fingerprint density at radius 1 is 1.38 bits per heavy atom. The second-order valence-electron chi connectivity index (χ2n) is 7.54. The van der Waals surface area contributed by atoms with Crippen molar-refractivity contribution in [2.24, 2.45) is 11.3 Å². The van der Waals surface area contributed by atoms with Gasteiger partial charge in [0.15, 0.2) is 0 Å². The summed E-state index contributed by atoms with van der Waals surface area (Å²) in [6, 6.07) is 5.31. The Morgan fingerprint density at radius 3 is 2.62 bits per heavy atom. The van der Waals surface area contributed by atoms with E-state index in [4.69, 9.17) is 0 Å². The van der Waals surface area contributed by atoms with E-state index in [0.29, 0.717) is 18.0 Å². The highest BCUT2D eigenvalue weighted by atomic mass is 79.9. The number of nitrogens with zero attached hydrogens (tertiary/aromatic N) is 2. The fraction of sp³-hybridized carbons (Fsp3) is 0.706. The van der Waals surface area contributed by atoms with E-state index in [0.717, 1.165) is 29.8 Å². The van der Waals surface area contributed by atoms with Crippen LogP contribution in [0.5, 0.6) is 0 Å². The van der Waals surface area contributed by atoms with Crippen molar-refractivity contribution in [2.75, 3.05) is 13.1 Å². The second-order valence-corrected chi connectivity index (χ2v) is 8.45. The molecule has 2 rings (SSSR count). The fourth-order valence-corrected chi connectivity index (χ4v) is 3.25. The minimum atomic E-state index is 0.268. The van der Waals surface area contributed by atoms with Crippen molar-refractivity contribution in [2.45, 2.75) is 53.2 Å². The van der Waals surface area contributed by atoms with Gasteiger partial charge in [0.2, 0.25) is 0 Å². The molecule has 1 aromatic rings. The smallest absolute Gasteiger partial charge is 0.0544 e. The summed E-state index contributed by atoms with van der Waals surface area (Å²) < 4.78 is 1.04. The van der Waals surface area contributed by atoms with Crippen LogP contribution in [0.25, 0.3) is 0 Å². The number of nitrogens with one attached hydrogen (secondary N) is 1. The van der Waals surface area contributed by atoms with Gasteiger partial charge >= 0.3 is 0 Å². The number of aromatic nitrogens is 1. The molecule has 2 heterocycles. The van der Waals surface area contributed by atoms with Gasteiger partial charge in [-0.1, -0.05) is 34.6 Å². The molecule has 1 N–H and O–H groups in total. The molecule has 2 unspecified atom stereocenters. The van der Waals surface area contributed by atoms with Gasteiger partial charge in [0.25, 0.3) is 0 Å². The molecule has 1 aromatic heterocycles.